The Kier molecular flexibility index (Phi) is 12.0. The second-order valence-electron chi connectivity index (χ2n) is 8.63. The van der Waals surface area contributed by atoms with Crippen molar-refractivity contribution in [2.75, 3.05) is 19.6 Å². The molecule has 0 saturated heterocycles. The Labute approximate surface area is 193 Å². The molecule has 0 amide bonds. The third-order valence-corrected chi connectivity index (χ3v) is 6.14. The molecule has 2 aromatic carbocycles. The zero-order valence-electron chi connectivity index (χ0n) is 19.6. The first kappa shape index (κ1) is 26.0. The lowest BCUT2D eigenvalue weighted by molar-refractivity contribution is 0.124. The van der Waals surface area contributed by atoms with Gasteiger partial charge in [0.1, 0.15) is 12.3 Å². The van der Waals surface area contributed by atoms with Crippen LogP contribution in [-0.2, 0) is 12.8 Å². The Morgan fingerprint density at radius 2 is 1.47 bits per heavy atom. The average Bonchev–Trinajstić information content (AvgIpc) is 2.79. The summed E-state index contributed by atoms with van der Waals surface area (Å²) in [7, 11) is 0. The van der Waals surface area contributed by atoms with E-state index in [0.29, 0.717) is 19.3 Å². The van der Waals surface area contributed by atoms with E-state index in [1.165, 1.54) is 24.5 Å². The molecule has 0 radical (unpaired) electrons. The van der Waals surface area contributed by atoms with E-state index < -0.39 is 18.3 Å². The van der Waals surface area contributed by atoms with Crippen molar-refractivity contribution in [1.29, 1.82) is 5.26 Å². The van der Waals surface area contributed by atoms with Crippen LogP contribution in [0.4, 0.5) is 8.78 Å². The number of hydrogen-bond acceptors (Lipinski definition) is 2. The molecule has 2 aromatic rings. The molecule has 2 unspecified atom stereocenters. The second-order valence-corrected chi connectivity index (χ2v) is 8.63. The summed E-state index contributed by atoms with van der Waals surface area (Å²) in [5.74, 6) is -0.573. The molecule has 1 aliphatic carbocycles. The summed E-state index contributed by atoms with van der Waals surface area (Å²) in [4.78, 5) is 2.55. The fraction of sp³-hybridized carbons (Fsp3) is 0.536. The summed E-state index contributed by atoms with van der Waals surface area (Å²) < 4.78 is 28.4. The van der Waals surface area contributed by atoms with Crippen molar-refractivity contribution < 1.29 is 8.78 Å². The van der Waals surface area contributed by atoms with Gasteiger partial charge in [-0.25, -0.2) is 8.78 Å². The predicted octanol–water partition coefficient (Wildman–Crippen LogP) is 7.05. The molecule has 3 rings (SSSR count). The Balaban J connectivity index is 0.00000114. The summed E-state index contributed by atoms with van der Waals surface area (Å²) >= 11 is 0. The van der Waals surface area contributed by atoms with Gasteiger partial charge in [-0.15, -0.1) is 0 Å². The summed E-state index contributed by atoms with van der Waals surface area (Å²) in [5.41, 5.74) is 3.48. The first-order valence-electron chi connectivity index (χ1n) is 12.0. The lowest BCUT2D eigenvalue weighted by atomic mass is 9.81. The monoisotopic (exact) mass is 440 g/mol. The molecule has 2 nitrogen and oxygen atoms in total. The van der Waals surface area contributed by atoms with Gasteiger partial charge in [0.2, 0.25) is 0 Å². The van der Waals surface area contributed by atoms with Gasteiger partial charge in [-0.05, 0) is 74.7 Å². The standard InChI is InChI=1S/C26H35F2N.C2H3N/c1-2-18-29(20-17-21-8-4-3-5-9-21)19-7-10-22-13-15-23(16-14-22)26-24(27)11-6-12-25(26)28;1-2-3/h3-5,8-9,13-16,24-26H,2,6-7,10-12,17-20H2,1H3;1H3. The predicted molar refractivity (Wildman–Crippen MR) is 129 cm³/mol. The van der Waals surface area contributed by atoms with Crippen LogP contribution in [0.15, 0.2) is 54.6 Å². The van der Waals surface area contributed by atoms with Gasteiger partial charge < -0.3 is 4.90 Å². The van der Waals surface area contributed by atoms with E-state index in [4.69, 9.17) is 5.26 Å². The highest BCUT2D eigenvalue weighted by Crippen LogP contribution is 2.37. The molecule has 0 aromatic heterocycles. The minimum absolute atomic E-state index is 0.489. The molecule has 0 aliphatic heterocycles. The molecule has 2 atom stereocenters. The van der Waals surface area contributed by atoms with E-state index in [2.05, 4.69) is 54.3 Å². The van der Waals surface area contributed by atoms with Gasteiger partial charge in [0.15, 0.2) is 0 Å². The third kappa shape index (κ3) is 8.71. The maximum absolute atomic E-state index is 14.2. The molecule has 1 fully saturated rings. The number of aryl methyl sites for hydroxylation is 1. The fourth-order valence-corrected chi connectivity index (χ4v) is 4.51. The summed E-state index contributed by atoms with van der Waals surface area (Å²) in [5, 5.41) is 7.32. The number of rotatable bonds is 10. The molecular weight excluding hydrogens is 402 g/mol. The number of nitrogens with zero attached hydrogens (tertiary/aromatic N) is 2. The van der Waals surface area contributed by atoms with Gasteiger partial charge in [-0.2, -0.15) is 5.26 Å². The lowest BCUT2D eigenvalue weighted by Crippen LogP contribution is -2.29. The normalized spacial score (nSPS) is 20.3. The van der Waals surface area contributed by atoms with Gasteiger partial charge in [0.25, 0.3) is 0 Å². The van der Waals surface area contributed by atoms with Gasteiger partial charge >= 0.3 is 0 Å². The number of hydrogen-bond donors (Lipinski definition) is 0. The zero-order valence-corrected chi connectivity index (χ0v) is 19.6. The lowest BCUT2D eigenvalue weighted by Gasteiger charge is -2.29. The first-order valence-corrected chi connectivity index (χ1v) is 12.0. The second kappa shape index (κ2) is 14.7. The summed E-state index contributed by atoms with van der Waals surface area (Å²) in [6, 6.07) is 20.4. The zero-order chi connectivity index (χ0) is 23.2. The van der Waals surface area contributed by atoms with E-state index in [1.54, 1.807) is 6.07 Å². The van der Waals surface area contributed by atoms with Crippen LogP contribution in [0.1, 0.15) is 68.6 Å². The van der Waals surface area contributed by atoms with Gasteiger partial charge in [0.05, 0.1) is 6.07 Å². The fourth-order valence-electron chi connectivity index (χ4n) is 4.51. The number of benzene rings is 2. The maximum atomic E-state index is 14.2. The molecule has 1 saturated carbocycles. The van der Waals surface area contributed by atoms with Crippen molar-refractivity contribution in [2.24, 2.45) is 0 Å². The van der Waals surface area contributed by atoms with Crippen molar-refractivity contribution >= 4 is 0 Å². The first-order chi connectivity index (χ1) is 15.6. The van der Waals surface area contributed by atoms with Crippen molar-refractivity contribution in [3.05, 3.63) is 71.3 Å². The Bertz CT molecular complexity index is 775. The van der Waals surface area contributed by atoms with Gasteiger partial charge in [-0.3, -0.25) is 0 Å². The van der Waals surface area contributed by atoms with E-state index >= 15 is 0 Å². The largest absolute Gasteiger partial charge is 0.303 e. The van der Waals surface area contributed by atoms with Crippen LogP contribution in [0.2, 0.25) is 0 Å². The van der Waals surface area contributed by atoms with Crippen molar-refractivity contribution in [1.82, 2.24) is 4.90 Å². The molecule has 0 spiro atoms. The molecule has 0 N–H and O–H groups in total. The quantitative estimate of drug-likeness (QED) is 0.396. The average molecular weight is 441 g/mol. The van der Waals surface area contributed by atoms with Crippen molar-refractivity contribution in [3.8, 4) is 6.07 Å². The number of halogens is 2. The van der Waals surface area contributed by atoms with Crippen LogP contribution < -0.4 is 0 Å². The molecule has 174 valence electrons. The highest BCUT2D eigenvalue weighted by Gasteiger charge is 2.34. The number of nitriles is 1. The van der Waals surface area contributed by atoms with Crippen LogP contribution in [0.5, 0.6) is 0 Å². The summed E-state index contributed by atoms with van der Waals surface area (Å²) in [6.45, 7) is 6.97. The van der Waals surface area contributed by atoms with Crippen LogP contribution in [0, 0.1) is 11.3 Å². The Hall–Kier alpha value is -2.25. The van der Waals surface area contributed by atoms with Crippen LogP contribution >= 0.6 is 0 Å². The van der Waals surface area contributed by atoms with Crippen molar-refractivity contribution in [2.45, 2.75) is 77.1 Å². The molecule has 0 heterocycles. The Morgan fingerprint density at radius 1 is 0.875 bits per heavy atom. The van der Waals surface area contributed by atoms with Crippen LogP contribution in [-0.4, -0.2) is 36.9 Å². The minimum Gasteiger partial charge on any atom is -0.303 e. The van der Waals surface area contributed by atoms with E-state index in [-0.39, 0.29) is 0 Å². The van der Waals surface area contributed by atoms with E-state index in [0.717, 1.165) is 44.5 Å². The molecule has 0 bridgehead atoms. The smallest absolute Gasteiger partial charge is 0.110 e. The molecule has 32 heavy (non-hydrogen) atoms. The van der Waals surface area contributed by atoms with Crippen LogP contribution in [0.3, 0.4) is 0 Å². The van der Waals surface area contributed by atoms with E-state index in [9.17, 15) is 8.78 Å². The van der Waals surface area contributed by atoms with Crippen molar-refractivity contribution in [3.63, 3.8) is 0 Å². The SMILES string of the molecule is CC#N.CCCN(CCCc1ccc(C2C(F)CCCC2F)cc1)CCc1ccccc1. The third-order valence-electron chi connectivity index (χ3n) is 6.14. The van der Waals surface area contributed by atoms with Gasteiger partial charge in [0, 0.05) is 19.4 Å². The molecule has 4 heteroatoms. The highest BCUT2D eigenvalue weighted by atomic mass is 19.1. The Morgan fingerprint density at radius 3 is 2.06 bits per heavy atom. The number of alkyl halides is 2. The highest BCUT2D eigenvalue weighted by molar-refractivity contribution is 5.28. The molecular formula is C28H38F2N2. The summed E-state index contributed by atoms with van der Waals surface area (Å²) in [6.07, 6.45) is 3.92. The maximum Gasteiger partial charge on any atom is 0.110 e. The van der Waals surface area contributed by atoms with Crippen LogP contribution in [0.25, 0.3) is 0 Å². The topological polar surface area (TPSA) is 27.0 Å². The molecule has 1 aliphatic rings. The minimum atomic E-state index is -1.04. The van der Waals surface area contributed by atoms with E-state index in [1.807, 2.05) is 12.1 Å². The van der Waals surface area contributed by atoms with Gasteiger partial charge in [-0.1, -0.05) is 61.5 Å².